The minimum atomic E-state index is -0.373. The van der Waals surface area contributed by atoms with Gasteiger partial charge in [-0.3, -0.25) is 4.79 Å². The lowest BCUT2D eigenvalue weighted by Crippen LogP contribution is -2.11. The highest BCUT2D eigenvalue weighted by molar-refractivity contribution is 7.29. The third-order valence-corrected chi connectivity index (χ3v) is 6.59. The summed E-state index contributed by atoms with van der Waals surface area (Å²) < 4.78 is 6.40. The summed E-state index contributed by atoms with van der Waals surface area (Å²) in [6.45, 7) is 0.140. The molecule has 1 N–H and O–H groups in total. The fourth-order valence-electron chi connectivity index (χ4n) is 2.71. The molecule has 0 aliphatic rings. The van der Waals surface area contributed by atoms with Gasteiger partial charge in [0.25, 0.3) is 5.91 Å². The molecule has 2 heterocycles. The Bertz CT molecular complexity index is 1150. The van der Waals surface area contributed by atoms with Gasteiger partial charge in [0.15, 0.2) is 5.13 Å². The van der Waals surface area contributed by atoms with E-state index in [0.29, 0.717) is 10.4 Å². The minimum Gasteiger partial charge on any atom is -0.457 e. The highest BCUT2D eigenvalue weighted by Gasteiger charge is 2.16. The summed E-state index contributed by atoms with van der Waals surface area (Å²) in [6, 6.07) is 18.1. The van der Waals surface area contributed by atoms with Crippen molar-refractivity contribution in [3.63, 3.8) is 0 Å². The molecule has 152 valence electrons. The monoisotopic (exact) mass is 437 g/mol. The molecule has 30 heavy (non-hydrogen) atoms. The normalized spacial score (nSPS) is 10.7. The number of thiophene rings is 1. The van der Waals surface area contributed by atoms with E-state index in [0.717, 1.165) is 25.9 Å². The van der Waals surface area contributed by atoms with E-state index in [1.54, 1.807) is 35.6 Å². The fourth-order valence-corrected chi connectivity index (χ4v) is 4.74. The highest BCUT2D eigenvalue weighted by atomic mass is 32.1. The van der Waals surface area contributed by atoms with Crippen LogP contribution >= 0.6 is 22.7 Å². The van der Waals surface area contributed by atoms with Crippen LogP contribution < -0.4 is 10.2 Å². The standard InChI is InChI=1S/C22H19N3O3S2/c1-25(2)22-24-20-17(30-22)12-18(29-20)21(27)28-13-14-8-10-15(11-9-14)19(26)23-16-6-4-3-5-7-16/h3-12H,13H2,1-2H3,(H,23,26). The SMILES string of the molecule is CN(C)c1nc2sc(C(=O)OCc3ccc(C(=O)Nc4ccccc4)cc3)cc2s1. The lowest BCUT2D eigenvalue weighted by atomic mass is 10.1. The Kier molecular flexibility index (Phi) is 5.78. The number of fused-ring (bicyclic) bond motifs is 1. The van der Waals surface area contributed by atoms with Crippen LogP contribution in [0.1, 0.15) is 25.6 Å². The maximum Gasteiger partial charge on any atom is 0.348 e. The van der Waals surface area contributed by atoms with Crippen molar-refractivity contribution in [3.8, 4) is 0 Å². The van der Waals surface area contributed by atoms with Crippen LogP contribution in [-0.2, 0) is 11.3 Å². The Balaban J connectivity index is 1.35. The highest BCUT2D eigenvalue weighted by Crippen LogP contribution is 2.34. The Morgan fingerprint density at radius 3 is 2.43 bits per heavy atom. The number of ether oxygens (including phenoxy) is 1. The molecule has 6 nitrogen and oxygen atoms in total. The van der Waals surface area contributed by atoms with Gasteiger partial charge in [-0.05, 0) is 35.9 Å². The molecular formula is C22H19N3O3S2. The zero-order valence-electron chi connectivity index (χ0n) is 16.4. The van der Waals surface area contributed by atoms with Crippen LogP contribution in [0.15, 0.2) is 60.7 Å². The molecule has 2 aromatic heterocycles. The molecule has 0 bridgehead atoms. The van der Waals surface area contributed by atoms with Crippen LogP contribution in [0.25, 0.3) is 9.53 Å². The third-order valence-electron chi connectivity index (χ3n) is 4.28. The molecule has 0 saturated carbocycles. The van der Waals surface area contributed by atoms with E-state index in [1.165, 1.54) is 11.3 Å². The zero-order chi connectivity index (χ0) is 21.1. The van der Waals surface area contributed by atoms with Crippen LogP contribution in [0.4, 0.5) is 10.8 Å². The Morgan fingerprint density at radius 2 is 1.77 bits per heavy atom. The van der Waals surface area contributed by atoms with Crippen molar-refractivity contribution in [1.29, 1.82) is 0 Å². The molecule has 0 fully saturated rings. The summed E-state index contributed by atoms with van der Waals surface area (Å²) in [5.41, 5.74) is 2.09. The van der Waals surface area contributed by atoms with Crippen LogP contribution in [0.2, 0.25) is 0 Å². The van der Waals surface area contributed by atoms with E-state index >= 15 is 0 Å². The number of nitrogens with one attached hydrogen (secondary N) is 1. The molecule has 0 atom stereocenters. The van der Waals surface area contributed by atoms with Crippen molar-refractivity contribution in [2.75, 3.05) is 24.3 Å². The number of para-hydroxylation sites is 1. The van der Waals surface area contributed by atoms with Crippen LogP contribution in [-0.4, -0.2) is 31.0 Å². The van der Waals surface area contributed by atoms with E-state index < -0.39 is 0 Å². The molecule has 0 aliphatic heterocycles. The molecule has 4 rings (SSSR count). The first kappa shape index (κ1) is 20.1. The topological polar surface area (TPSA) is 71.5 Å². The van der Waals surface area contributed by atoms with Crippen LogP contribution in [0.3, 0.4) is 0 Å². The van der Waals surface area contributed by atoms with Gasteiger partial charge in [-0.1, -0.05) is 41.7 Å². The van der Waals surface area contributed by atoms with Crippen molar-refractivity contribution in [1.82, 2.24) is 4.98 Å². The van der Waals surface area contributed by atoms with Gasteiger partial charge in [-0.2, -0.15) is 0 Å². The smallest absolute Gasteiger partial charge is 0.348 e. The van der Waals surface area contributed by atoms with Crippen molar-refractivity contribution in [3.05, 3.63) is 76.7 Å². The number of hydrogen-bond acceptors (Lipinski definition) is 7. The van der Waals surface area contributed by atoms with E-state index in [2.05, 4.69) is 10.3 Å². The van der Waals surface area contributed by atoms with Gasteiger partial charge in [-0.15, -0.1) is 11.3 Å². The lowest BCUT2D eigenvalue weighted by Gasteiger charge is -2.07. The molecular weight excluding hydrogens is 418 g/mol. The van der Waals surface area contributed by atoms with Crippen LogP contribution in [0.5, 0.6) is 0 Å². The second kappa shape index (κ2) is 8.64. The summed E-state index contributed by atoms with van der Waals surface area (Å²) in [5.74, 6) is -0.560. The number of thiazole rings is 1. The molecule has 1 amide bonds. The quantitative estimate of drug-likeness (QED) is 0.428. The fraction of sp³-hybridized carbons (Fsp3) is 0.136. The number of aromatic nitrogens is 1. The van der Waals surface area contributed by atoms with Crippen molar-refractivity contribution in [2.24, 2.45) is 0 Å². The summed E-state index contributed by atoms with van der Waals surface area (Å²) >= 11 is 2.87. The molecule has 0 saturated heterocycles. The molecule has 0 unspecified atom stereocenters. The Hall–Kier alpha value is -3.23. The first-order valence-electron chi connectivity index (χ1n) is 9.20. The Morgan fingerprint density at radius 1 is 1.03 bits per heavy atom. The number of carbonyl (C=O) groups is 2. The Labute approximate surface area is 181 Å². The maximum atomic E-state index is 12.4. The van der Waals surface area contributed by atoms with Gasteiger partial charge in [-0.25, -0.2) is 9.78 Å². The lowest BCUT2D eigenvalue weighted by molar-refractivity contribution is 0.0478. The second-order valence-electron chi connectivity index (χ2n) is 6.76. The largest absolute Gasteiger partial charge is 0.457 e. The van der Waals surface area contributed by atoms with Crippen molar-refractivity contribution >= 4 is 54.9 Å². The van der Waals surface area contributed by atoms with Gasteiger partial charge in [0.1, 0.15) is 16.3 Å². The summed E-state index contributed by atoms with van der Waals surface area (Å²) in [4.78, 5) is 32.5. The minimum absolute atomic E-state index is 0.140. The number of esters is 1. The number of carbonyl (C=O) groups excluding carboxylic acids is 2. The average molecular weight is 438 g/mol. The second-order valence-corrected chi connectivity index (χ2v) is 8.80. The predicted octanol–water partition coefficient (Wildman–Crippen LogP) is 5.03. The number of anilines is 2. The summed E-state index contributed by atoms with van der Waals surface area (Å²) in [6.07, 6.45) is 0. The van der Waals surface area contributed by atoms with E-state index in [4.69, 9.17) is 4.74 Å². The van der Waals surface area contributed by atoms with Crippen LogP contribution in [0, 0.1) is 0 Å². The first-order chi connectivity index (χ1) is 14.5. The molecule has 4 aromatic rings. The molecule has 0 aliphatic carbocycles. The van der Waals surface area contributed by atoms with E-state index in [-0.39, 0.29) is 18.5 Å². The number of amides is 1. The van der Waals surface area contributed by atoms with Gasteiger partial charge in [0.2, 0.25) is 0 Å². The third kappa shape index (κ3) is 4.50. The molecule has 0 spiro atoms. The number of nitrogens with zero attached hydrogens (tertiary/aromatic N) is 2. The van der Waals surface area contributed by atoms with Crippen molar-refractivity contribution < 1.29 is 14.3 Å². The van der Waals surface area contributed by atoms with E-state index in [9.17, 15) is 9.59 Å². The first-order valence-corrected chi connectivity index (χ1v) is 10.8. The van der Waals surface area contributed by atoms with Gasteiger partial charge in [0.05, 0.1) is 4.70 Å². The number of rotatable bonds is 6. The predicted molar refractivity (Wildman–Crippen MR) is 122 cm³/mol. The van der Waals surface area contributed by atoms with Gasteiger partial charge < -0.3 is 15.0 Å². The molecule has 0 radical (unpaired) electrons. The number of hydrogen-bond donors (Lipinski definition) is 1. The summed E-state index contributed by atoms with van der Waals surface area (Å²) in [5, 5.41) is 3.75. The maximum absolute atomic E-state index is 12.4. The molecule has 8 heteroatoms. The molecule has 2 aromatic carbocycles. The summed E-state index contributed by atoms with van der Waals surface area (Å²) in [7, 11) is 3.88. The van der Waals surface area contributed by atoms with Crippen molar-refractivity contribution in [2.45, 2.75) is 6.61 Å². The van der Waals surface area contributed by atoms with Gasteiger partial charge >= 0.3 is 5.97 Å². The average Bonchev–Trinajstić information content (AvgIpc) is 3.33. The zero-order valence-corrected chi connectivity index (χ0v) is 18.0. The van der Waals surface area contributed by atoms with Gasteiger partial charge in [0, 0.05) is 25.3 Å². The van der Waals surface area contributed by atoms with E-state index in [1.807, 2.05) is 55.4 Å². The number of benzene rings is 2.